The third-order valence-electron chi connectivity index (χ3n) is 4.90. The molecule has 5 rings (SSSR count). The highest BCUT2D eigenvalue weighted by molar-refractivity contribution is 5.89. The number of rotatable bonds is 3. The molecule has 4 heterocycles. The molecule has 128 valence electrons. The zero-order chi connectivity index (χ0) is 17.7. The minimum absolute atomic E-state index is 0.312. The monoisotopic (exact) mass is 345 g/mol. The van der Waals surface area contributed by atoms with E-state index in [0.29, 0.717) is 13.1 Å². The van der Waals surface area contributed by atoms with E-state index in [-0.39, 0.29) is 5.92 Å². The van der Waals surface area contributed by atoms with Crippen molar-refractivity contribution >= 4 is 28.1 Å². The number of aliphatic carboxylic acids is 1. The fourth-order valence-corrected chi connectivity index (χ4v) is 3.33. The van der Waals surface area contributed by atoms with Crippen molar-refractivity contribution in [3.8, 4) is 11.1 Å². The summed E-state index contributed by atoms with van der Waals surface area (Å²) >= 11 is 0. The fourth-order valence-electron chi connectivity index (χ4n) is 3.33. The lowest BCUT2D eigenvalue weighted by Gasteiger charge is -2.37. The topological polar surface area (TPSA) is 83.6 Å². The van der Waals surface area contributed by atoms with E-state index < -0.39 is 5.97 Å². The minimum Gasteiger partial charge on any atom is -0.481 e. The molecule has 26 heavy (non-hydrogen) atoms. The van der Waals surface area contributed by atoms with E-state index >= 15 is 0 Å². The Morgan fingerprint density at radius 2 is 2.00 bits per heavy atom. The lowest BCUT2D eigenvalue weighted by molar-refractivity contribution is -0.142. The van der Waals surface area contributed by atoms with Gasteiger partial charge in [0.05, 0.1) is 30.0 Å². The third-order valence-corrected chi connectivity index (χ3v) is 4.90. The highest BCUT2D eigenvalue weighted by atomic mass is 16.4. The van der Waals surface area contributed by atoms with Crippen molar-refractivity contribution < 1.29 is 9.90 Å². The smallest absolute Gasteiger partial charge is 0.310 e. The number of aromatic nitrogens is 4. The van der Waals surface area contributed by atoms with Gasteiger partial charge in [0, 0.05) is 36.4 Å². The van der Waals surface area contributed by atoms with Crippen LogP contribution in [0.2, 0.25) is 0 Å². The van der Waals surface area contributed by atoms with Gasteiger partial charge in [-0.25, -0.2) is 9.50 Å². The second-order valence-corrected chi connectivity index (χ2v) is 6.51. The van der Waals surface area contributed by atoms with Gasteiger partial charge in [-0.15, -0.1) is 0 Å². The SMILES string of the molecule is O=C(O)C1CN(c2cn3ncc(-c4ccc5cnccc5c4)c3cn2)C1. The van der Waals surface area contributed by atoms with Gasteiger partial charge in [0.15, 0.2) is 0 Å². The van der Waals surface area contributed by atoms with E-state index in [2.05, 4.69) is 33.3 Å². The number of carbonyl (C=O) groups is 1. The van der Waals surface area contributed by atoms with Crippen LogP contribution in [0, 0.1) is 5.92 Å². The Morgan fingerprint density at radius 3 is 2.85 bits per heavy atom. The van der Waals surface area contributed by atoms with Crippen LogP contribution in [0.4, 0.5) is 5.82 Å². The molecule has 0 bridgehead atoms. The normalized spacial score (nSPS) is 14.7. The van der Waals surface area contributed by atoms with Crippen molar-refractivity contribution in [2.24, 2.45) is 5.92 Å². The quantitative estimate of drug-likeness (QED) is 0.614. The van der Waals surface area contributed by atoms with Gasteiger partial charge in [-0.3, -0.25) is 9.78 Å². The number of fused-ring (bicyclic) bond motifs is 2. The van der Waals surface area contributed by atoms with Crippen molar-refractivity contribution in [2.45, 2.75) is 0 Å². The molecule has 0 radical (unpaired) electrons. The summed E-state index contributed by atoms with van der Waals surface area (Å²) < 4.78 is 1.79. The summed E-state index contributed by atoms with van der Waals surface area (Å²) in [5, 5.41) is 15.7. The molecule has 1 N–H and O–H groups in total. The number of pyridine rings is 1. The molecule has 0 spiro atoms. The van der Waals surface area contributed by atoms with Gasteiger partial charge in [0.1, 0.15) is 5.82 Å². The maximum absolute atomic E-state index is 11.0. The first-order chi connectivity index (χ1) is 12.7. The second kappa shape index (κ2) is 5.52. The lowest BCUT2D eigenvalue weighted by Crippen LogP contribution is -2.50. The van der Waals surface area contributed by atoms with E-state index in [1.807, 2.05) is 29.6 Å². The molecule has 1 fully saturated rings. The molecule has 7 nitrogen and oxygen atoms in total. The molecule has 0 amide bonds. The van der Waals surface area contributed by atoms with E-state index in [1.54, 1.807) is 16.9 Å². The summed E-state index contributed by atoms with van der Waals surface area (Å²) in [6.45, 7) is 0.974. The average Bonchev–Trinajstić information content (AvgIpc) is 3.03. The lowest BCUT2D eigenvalue weighted by atomic mass is 10.0. The van der Waals surface area contributed by atoms with Gasteiger partial charge in [-0.2, -0.15) is 5.10 Å². The summed E-state index contributed by atoms with van der Waals surface area (Å²) in [5.74, 6) is -0.322. The fraction of sp³-hybridized carbons (Fsp3) is 0.158. The number of anilines is 1. The number of nitrogens with zero attached hydrogens (tertiary/aromatic N) is 5. The molecular weight excluding hydrogens is 330 g/mol. The van der Waals surface area contributed by atoms with Crippen LogP contribution in [0.3, 0.4) is 0 Å². The number of hydrogen-bond donors (Lipinski definition) is 1. The molecule has 0 saturated carbocycles. The van der Waals surface area contributed by atoms with Gasteiger partial charge in [-0.05, 0) is 23.1 Å². The van der Waals surface area contributed by atoms with E-state index in [0.717, 1.165) is 33.2 Å². The Labute approximate surface area is 148 Å². The first-order valence-electron chi connectivity index (χ1n) is 8.34. The summed E-state index contributed by atoms with van der Waals surface area (Å²) in [6, 6.07) is 8.22. The Balaban J connectivity index is 1.50. The molecular formula is C19H15N5O2. The van der Waals surface area contributed by atoms with Crippen molar-refractivity contribution in [3.05, 3.63) is 55.2 Å². The summed E-state index contributed by atoms with van der Waals surface area (Å²) in [7, 11) is 0. The molecule has 3 aromatic heterocycles. The van der Waals surface area contributed by atoms with E-state index in [4.69, 9.17) is 5.11 Å². The Kier molecular flexibility index (Phi) is 3.15. The molecule has 1 aliphatic rings. The number of carboxylic acids is 1. The Morgan fingerprint density at radius 1 is 1.12 bits per heavy atom. The molecule has 1 aliphatic heterocycles. The number of benzene rings is 1. The predicted molar refractivity (Wildman–Crippen MR) is 97.1 cm³/mol. The first kappa shape index (κ1) is 14.8. The maximum atomic E-state index is 11.0. The van der Waals surface area contributed by atoms with Crippen molar-refractivity contribution in [3.63, 3.8) is 0 Å². The second-order valence-electron chi connectivity index (χ2n) is 6.51. The number of hydrogen-bond acceptors (Lipinski definition) is 5. The van der Waals surface area contributed by atoms with Gasteiger partial charge in [-0.1, -0.05) is 12.1 Å². The molecule has 1 saturated heterocycles. The van der Waals surface area contributed by atoms with Crippen LogP contribution in [0.15, 0.2) is 55.2 Å². The van der Waals surface area contributed by atoms with Gasteiger partial charge >= 0.3 is 5.97 Å². The van der Waals surface area contributed by atoms with Gasteiger partial charge < -0.3 is 10.0 Å². The van der Waals surface area contributed by atoms with Crippen LogP contribution in [-0.4, -0.2) is 43.7 Å². The van der Waals surface area contributed by atoms with Gasteiger partial charge in [0.25, 0.3) is 0 Å². The van der Waals surface area contributed by atoms with Crippen LogP contribution in [0.1, 0.15) is 0 Å². The van der Waals surface area contributed by atoms with Crippen molar-refractivity contribution in [1.82, 2.24) is 19.6 Å². The van der Waals surface area contributed by atoms with Crippen LogP contribution >= 0.6 is 0 Å². The zero-order valence-electron chi connectivity index (χ0n) is 13.8. The Bertz CT molecular complexity index is 1150. The van der Waals surface area contributed by atoms with Crippen LogP contribution in [0.5, 0.6) is 0 Å². The van der Waals surface area contributed by atoms with E-state index in [9.17, 15) is 4.79 Å². The minimum atomic E-state index is -0.754. The third kappa shape index (κ3) is 2.28. The zero-order valence-corrected chi connectivity index (χ0v) is 13.8. The molecule has 0 aliphatic carbocycles. The average molecular weight is 345 g/mol. The molecule has 1 aromatic carbocycles. The summed E-state index contributed by atoms with van der Waals surface area (Å²) in [6.07, 6.45) is 9.11. The van der Waals surface area contributed by atoms with E-state index in [1.165, 1.54) is 0 Å². The largest absolute Gasteiger partial charge is 0.481 e. The maximum Gasteiger partial charge on any atom is 0.310 e. The summed E-state index contributed by atoms with van der Waals surface area (Å²) in [4.78, 5) is 21.6. The van der Waals surface area contributed by atoms with Crippen molar-refractivity contribution in [1.29, 1.82) is 0 Å². The van der Waals surface area contributed by atoms with Crippen LogP contribution < -0.4 is 4.90 Å². The number of carboxylic acid groups (broad SMARTS) is 1. The molecule has 4 aromatic rings. The standard InChI is InChI=1S/C19H15N5O2/c25-19(26)15-9-23(10-15)18-11-24-17(8-21-18)16(7-22-24)13-1-2-14-6-20-4-3-12(14)5-13/h1-8,11,15H,9-10H2,(H,25,26). The molecule has 7 heteroatoms. The highest BCUT2D eigenvalue weighted by Gasteiger charge is 2.33. The summed E-state index contributed by atoms with van der Waals surface area (Å²) in [5.41, 5.74) is 3.00. The van der Waals surface area contributed by atoms with Crippen molar-refractivity contribution in [2.75, 3.05) is 18.0 Å². The highest BCUT2D eigenvalue weighted by Crippen LogP contribution is 2.29. The van der Waals surface area contributed by atoms with Gasteiger partial charge in [0.2, 0.25) is 0 Å². The molecule has 0 atom stereocenters. The Hall–Kier alpha value is -3.48. The van der Waals surface area contributed by atoms with Crippen LogP contribution in [0.25, 0.3) is 27.4 Å². The first-order valence-corrected chi connectivity index (χ1v) is 8.34. The molecule has 0 unspecified atom stereocenters. The van der Waals surface area contributed by atoms with Crippen LogP contribution in [-0.2, 0) is 4.79 Å². The predicted octanol–water partition coefficient (Wildman–Crippen LogP) is 2.47.